The summed E-state index contributed by atoms with van der Waals surface area (Å²) >= 11 is 12.3. The Balaban J connectivity index is 1.83. The Labute approximate surface area is 212 Å². The van der Waals surface area contributed by atoms with Crippen LogP contribution >= 0.6 is 23.2 Å². The first-order valence-corrected chi connectivity index (χ1v) is 12.6. The molecule has 1 aliphatic rings. The molecular weight excluding hydrogens is 515 g/mol. The smallest absolute Gasteiger partial charge is 0.323 e. The van der Waals surface area contributed by atoms with Gasteiger partial charge in [-0.1, -0.05) is 41.4 Å². The van der Waals surface area contributed by atoms with Gasteiger partial charge in [-0.3, -0.25) is 9.59 Å². The molecule has 1 amide bonds. The number of carboxylic acid groups (broad SMARTS) is 1. The lowest BCUT2D eigenvalue weighted by Gasteiger charge is -2.28. The largest absolute Gasteiger partial charge is 0.497 e. The summed E-state index contributed by atoms with van der Waals surface area (Å²) in [7, 11) is -2.81. The zero-order chi connectivity index (χ0) is 25.3. The van der Waals surface area contributed by atoms with E-state index in [1.165, 1.54) is 54.5 Å². The zero-order valence-corrected chi connectivity index (χ0v) is 20.7. The number of halogens is 2. The molecule has 0 bridgehead atoms. The topological polar surface area (TPSA) is 104 Å². The van der Waals surface area contributed by atoms with Gasteiger partial charge < -0.3 is 14.7 Å². The number of rotatable bonds is 5. The number of methoxy groups -OCH3 is 1. The number of hydrogen-bond acceptors (Lipinski definition) is 5. The van der Waals surface area contributed by atoms with E-state index in [9.17, 15) is 23.1 Å². The number of para-hydroxylation sites is 1. The second kappa shape index (κ2) is 9.87. The second-order valence-corrected chi connectivity index (χ2v) is 10.5. The third kappa shape index (κ3) is 4.85. The van der Waals surface area contributed by atoms with E-state index in [1.807, 2.05) is 0 Å². The third-order valence-electron chi connectivity index (χ3n) is 5.67. The Hall–Kier alpha value is -3.11. The number of fused-ring (bicyclic) bond motifs is 1. The van der Waals surface area contributed by atoms with Gasteiger partial charge in [0.2, 0.25) is 10.0 Å². The molecule has 0 fully saturated rings. The molecule has 0 aromatic heterocycles. The first-order valence-electron chi connectivity index (χ1n) is 10.4. The minimum absolute atomic E-state index is 0.0737. The lowest BCUT2D eigenvalue weighted by Crippen LogP contribution is -2.50. The van der Waals surface area contributed by atoms with Crippen molar-refractivity contribution in [2.24, 2.45) is 0 Å². The maximum atomic E-state index is 13.6. The highest BCUT2D eigenvalue weighted by atomic mass is 35.5. The number of aliphatic carboxylic acids is 1. The van der Waals surface area contributed by atoms with Gasteiger partial charge >= 0.3 is 5.97 Å². The van der Waals surface area contributed by atoms with Crippen molar-refractivity contribution in [2.75, 3.05) is 18.6 Å². The van der Waals surface area contributed by atoms with Crippen molar-refractivity contribution in [1.82, 2.24) is 4.31 Å². The molecule has 1 N–H and O–H groups in total. The van der Waals surface area contributed by atoms with Crippen molar-refractivity contribution in [1.29, 1.82) is 0 Å². The molecule has 1 aliphatic heterocycles. The highest BCUT2D eigenvalue weighted by molar-refractivity contribution is 7.89. The lowest BCUT2D eigenvalue weighted by atomic mass is 10.1. The van der Waals surface area contributed by atoms with E-state index in [0.29, 0.717) is 17.0 Å². The molecule has 8 nitrogen and oxygen atoms in total. The van der Waals surface area contributed by atoms with Crippen molar-refractivity contribution in [3.63, 3.8) is 0 Å². The standard InChI is InChI=1S/C24H20Cl2N2O6S/c1-34-17-7-9-18(10-8-17)35(32,33)28-13-15-4-2-3-5-21(15)27(14-22(28)24(30)31)23(29)19-12-16(25)6-11-20(19)26/h2-12,22H,13-14H2,1H3,(H,30,31). The normalized spacial score (nSPS) is 16.3. The molecule has 182 valence electrons. The molecule has 1 atom stereocenters. The summed E-state index contributed by atoms with van der Waals surface area (Å²) in [5.41, 5.74) is 0.914. The highest BCUT2D eigenvalue weighted by Gasteiger charge is 2.42. The number of anilines is 1. The van der Waals surface area contributed by atoms with Crippen LogP contribution in [0.1, 0.15) is 15.9 Å². The summed E-state index contributed by atoms with van der Waals surface area (Å²) < 4.78 is 33.2. The molecule has 0 saturated heterocycles. The molecular formula is C24H20Cl2N2O6S. The molecule has 3 aromatic rings. The Morgan fingerprint density at radius 1 is 1.03 bits per heavy atom. The Kier molecular flexibility index (Phi) is 7.05. The number of carbonyl (C=O) groups is 2. The third-order valence-corrected chi connectivity index (χ3v) is 8.10. The van der Waals surface area contributed by atoms with E-state index in [2.05, 4.69) is 0 Å². The fourth-order valence-electron chi connectivity index (χ4n) is 3.88. The predicted molar refractivity (Wildman–Crippen MR) is 132 cm³/mol. The lowest BCUT2D eigenvalue weighted by molar-refractivity contribution is -0.141. The number of nitrogens with zero attached hydrogens (tertiary/aromatic N) is 2. The molecule has 0 radical (unpaired) electrons. The van der Waals surface area contributed by atoms with Crippen LogP contribution < -0.4 is 9.64 Å². The molecule has 0 saturated carbocycles. The monoisotopic (exact) mass is 534 g/mol. The number of sulfonamides is 1. The predicted octanol–water partition coefficient (Wildman–Crippen LogP) is 4.31. The van der Waals surface area contributed by atoms with E-state index in [1.54, 1.807) is 24.3 Å². The summed E-state index contributed by atoms with van der Waals surface area (Å²) in [6, 6.07) is 15.1. The van der Waals surface area contributed by atoms with Crippen LogP contribution in [0, 0.1) is 0 Å². The van der Waals surface area contributed by atoms with Crippen LogP contribution in [-0.2, 0) is 21.4 Å². The minimum atomic E-state index is -4.26. The van der Waals surface area contributed by atoms with E-state index < -0.39 is 34.5 Å². The summed E-state index contributed by atoms with van der Waals surface area (Å²) in [6.07, 6.45) is 0. The van der Waals surface area contributed by atoms with Crippen LogP contribution in [0.5, 0.6) is 5.75 Å². The van der Waals surface area contributed by atoms with Crippen LogP contribution in [0.15, 0.2) is 71.6 Å². The van der Waals surface area contributed by atoms with E-state index in [-0.39, 0.29) is 27.0 Å². The molecule has 11 heteroatoms. The van der Waals surface area contributed by atoms with Gasteiger partial charge in [0.05, 0.1) is 29.1 Å². The van der Waals surface area contributed by atoms with Crippen molar-refractivity contribution in [2.45, 2.75) is 17.5 Å². The van der Waals surface area contributed by atoms with Gasteiger partial charge in [0, 0.05) is 17.3 Å². The van der Waals surface area contributed by atoms with Gasteiger partial charge in [-0.05, 0) is 54.1 Å². The van der Waals surface area contributed by atoms with Gasteiger partial charge in [-0.2, -0.15) is 4.31 Å². The fraction of sp³-hybridized carbons (Fsp3) is 0.167. The number of benzene rings is 3. The second-order valence-electron chi connectivity index (χ2n) is 7.75. The van der Waals surface area contributed by atoms with Crippen molar-refractivity contribution >= 4 is 50.8 Å². The number of ether oxygens (including phenoxy) is 1. The molecule has 0 aliphatic carbocycles. The van der Waals surface area contributed by atoms with Gasteiger partial charge in [0.25, 0.3) is 5.91 Å². The van der Waals surface area contributed by atoms with Crippen molar-refractivity contribution in [3.05, 3.63) is 87.9 Å². The fourth-order valence-corrected chi connectivity index (χ4v) is 5.81. The highest BCUT2D eigenvalue weighted by Crippen LogP contribution is 2.33. The average molecular weight is 535 g/mol. The van der Waals surface area contributed by atoms with Gasteiger partial charge in [0.1, 0.15) is 11.8 Å². The van der Waals surface area contributed by atoms with Crippen molar-refractivity contribution in [3.8, 4) is 5.75 Å². The van der Waals surface area contributed by atoms with Crippen molar-refractivity contribution < 1.29 is 27.9 Å². The Morgan fingerprint density at radius 3 is 2.37 bits per heavy atom. The first kappa shape index (κ1) is 25.0. The maximum Gasteiger partial charge on any atom is 0.323 e. The van der Waals surface area contributed by atoms with Crippen LogP contribution in [0.25, 0.3) is 0 Å². The molecule has 1 unspecified atom stereocenters. The first-order chi connectivity index (χ1) is 16.6. The van der Waals surface area contributed by atoms with Crippen LogP contribution in [0.4, 0.5) is 5.69 Å². The van der Waals surface area contributed by atoms with E-state index in [0.717, 1.165) is 4.31 Å². The quantitative estimate of drug-likeness (QED) is 0.523. The average Bonchev–Trinajstić information content (AvgIpc) is 3.03. The van der Waals surface area contributed by atoms with Gasteiger partial charge in [-0.25, -0.2) is 8.42 Å². The summed E-state index contributed by atoms with van der Waals surface area (Å²) in [5, 5.41) is 10.5. The summed E-state index contributed by atoms with van der Waals surface area (Å²) in [4.78, 5) is 27.1. The van der Waals surface area contributed by atoms with Gasteiger partial charge in [-0.15, -0.1) is 0 Å². The SMILES string of the molecule is COc1ccc(S(=O)(=O)N2Cc3ccccc3N(C(=O)c3cc(Cl)ccc3Cl)CC2C(=O)O)cc1. The number of carboxylic acids is 1. The summed E-state index contributed by atoms with van der Waals surface area (Å²) in [5.74, 6) is -1.54. The molecule has 4 rings (SSSR count). The molecule has 0 spiro atoms. The molecule has 1 heterocycles. The Morgan fingerprint density at radius 2 is 1.71 bits per heavy atom. The van der Waals surface area contributed by atoms with E-state index in [4.69, 9.17) is 27.9 Å². The van der Waals surface area contributed by atoms with Crippen LogP contribution in [0.3, 0.4) is 0 Å². The summed E-state index contributed by atoms with van der Waals surface area (Å²) in [6.45, 7) is -0.696. The molecule has 3 aromatic carbocycles. The number of hydrogen-bond donors (Lipinski definition) is 1. The minimum Gasteiger partial charge on any atom is -0.497 e. The van der Waals surface area contributed by atoms with E-state index >= 15 is 0 Å². The maximum absolute atomic E-state index is 13.6. The van der Waals surface area contributed by atoms with Crippen LogP contribution in [-0.4, -0.2) is 49.4 Å². The van der Waals surface area contributed by atoms with Gasteiger partial charge in [0.15, 0.2) is 0 Å². The van der Waals surface area contributed by atoms with Crippen LogP contribution in [0.2, 0.25) is 10.0 Å². The number of amides is 1. The zero-order valence-electron chi connectivity index (χ0n) is 18.4. The Bertz CT molecular complexity index is 1400. The molecule has 35 heavy (non-hydrogen) atoms. The number of carbonyl (C=O) groups excluding carboxylic acids is 1.